The van der Waals surface area contributed by atoms with E-state index >= 15 is 0 Å². The molecule has 166 valence electrons. The number of amides is 1. The molecule has 0 aromatic carbocycles. The molecule has 6 rings (SSSR count). The maximum atomic E-state index is 13.5. The van der Waals surface area contributed by atoms with Gasteiger partial charge in [0.05, 0.1) is 24.8 Å². The molecule has 33 heavy (non-hydrogen) atoms. The first-order valence-electron chi connectivity index (χ1n) is 10.3. The third-order valence-electron chi connectivity index (χ3n) is 5.71. The van der Waals surface area contributed by atoms with Gasteiger partial charge in [0.25, 0.3) is 5.89 Å². The molecule has 0 bridgehead atoms. The van der Waals surface area contributed by atoms with Gasteiger partial charge in [-0.1, -0.05) is 0 Å². The van der Waals surface area contributed by atoms with Gasteiger partial charge in [0, 0.05) is 38.1 Å². The number of carbonyl (C=O) groups is 1. The number of pyridine rings is 1. The fourth-order valence-corrected chi connectivity index (χ4v) is 4.17. The van der Waals surface area contributed by atoms with E-state index in [1.54, 1.807) is 46.8 Å². The molecule has 1 aliphatic heterocycles. The summed E-state index contributed by atoms with van der Waals surface area (Å²) in [5.74, 6) is 0.364. The van der Waals surface area contributed by atoms with E-state index in [0.717, 1.165) is 16.9 Å². The van der Waals surface area contributed by atoms with Crippen LogP contribution in [0.1, 0.15) is 33.8 Å². The lowest BCUT2D eigenvalue weighted by Gasteiger charge is -2.32. The molecule has 1 N–H and O–H groups in total. The summed E-state index contributed by atoms with van der Waals surface area (Å²) >= 11 is 0. The summed E-state index contributed by atoms with van der Waals surface area (Å²) < 4.78 is 14.5. The van der Waals surface area contributed by atoms with Gasteiger partial charge in [-0.25, -0.2) is 9.50 Å². The zero-order valence-corrected chi connectivity index (χ0v) is 17.8. The molecule has 0 radical (unpaired) electrons. The first kappa shape index (κ1) is 19.2. The topological polar surface area (TPSA) is 132 Å². The van der Waals surface area contributed by atoms with E-state index in [4.69, 9.17) is 14.3 Å². The molecule has 5 aromatic rings. The zero-order chi connectivity index (χ0) is 22.5. The van der Waals surface area contributed by atoms with Crippen LogP contribution in [0.2, 0.25) is 0 Å². The molecule has 0 fully saturated rings. The molecular weight excluding hydrogens is 426 g/mol. The number of carbonyl (C=O) groups excluding carboxylic acids is 1. The van der Waals surface area contributed by atoms with Crippen LogP contribution in [0.15, 0.2) is 47.4 Å². The third kappa shape index (κ3) is 3.06. The summed E-state index contributed by atoms with van der Waals surface area (Å²) in [6, 6.07) is 6.83. The zero-order valence-electron chi connectivity index (χ0n) is 17.8. The summed E-state index contributed by atoms with van der Waals surface area (Å²) in [6.45, 7) is 0.436. The summed E-state index contributed by atoms with van der Waals surface area (Å²) in [4.78, 5) is 22.8. The molecule has 0 saturated heterocycles. The van der Waals surface area contributed by atoms with Gasteiger partial charge in [0.15, 0.2) is 0 Å². The van der Waals surface area contributed by atoms with E-state index in [-0.39, 0.29) is 11.8 Å². The lowest BCUT2D eigenvalue weighted by molar-refractivity contribution is 0.0646. The number of hydrogen-bond donors (Lipinski definition) is 1. The number of aromatic nitrogens is 8. The molecule has 12 heteroatoms. The first-order valence-corrected chi connectivity index (χ1v) is 10.3. The van der Waals surface area contributed by atoms with Gasteiger partial charge in [-0.2, -0.15) is 10.2 Å². The van der Waals surface area contributed by atoms with Crippen molar-refractivity contribution in [2.45, 2.75) is 12.5 Å². The quantitative estimate of drug-likeness (QED) is 0.441. The van der Waals surface area contributed by atoms with Crippen LogP contribution in [0.3, 0.4) is 0 Å². The van der Waals surface area contributed by atoms with Crippen molar-refractivity contribution in [3.05, 3.63) is 66.0 Å². The van der Waals surface area contributed by atoms with Crippen LogP contribution in [0, 0.1) is 0 Å². The highest BCUT2D eigenvalue weighted by Gasteiger charge is 2.38. The van der Waals surface area contributed by atoms with Gasteiger partial charge in [0.2, 0.25) is 0 Å². The van der Waals surface area contributed by atoms with Crippen LogP contribution >= 0.6 is 0 Å². The van der Waals surface area contributed by atoms with Crippen molar-refractivity contribution in [2.75, 3.05) is 13.7 Å². The monoisotopic (exact) mass is 445 g/mol. The summed E-state index contributed by atoms with van der Waals surface area (Å²) in [6.07, 6.45) is 5.85. The van der Waals surface area contributed by atoms with Crippen molar-refractivity contribution in [2.24, 2.45) is 7.05 Å². The minimum absolute atomic E-state index is 0.110. The molecule has 5 aromatic heterocycles. The Morgan fingerprint density at radius 2 is 2.15 bits per heavy atom. The van der Waals surface area contributed by atoms with Crippen LogP contribution < -0.4 is 4.74 Å². The number of aromatic amines is 1. The molecule has 1 atom stereocenters. The molecule has 12 nitrogen and oxygen atoms in total. The minimum atomic E-state index is -0.526. The maximum Gasteiger partial charge on any atom is 0.312 e. The van der Waals surface area contributed by atoms with Crippen LogP contribution in [-0.4, -0.2) is 64.0 Å². The first-order chi connectivity index (χ1) is 16.1. The Hall–Kier alpha value is -4.48. The fourth-order valence-electron chi connectivity index (χ4n) is 4.17. The van der Waals surface area contributed by atoms with E-state index in [1.807, 2.05) is 24.4 Å². The minimum Gasteiger partial charge on any atom is -0.494 e. The van der Waals surface area contributed by atoms with Crippen LogP contribution in [-0.2, 0) is 13.5 Å². The maximum absolute atomic E-state index is 13.5. The smallest absolute Gasteiger partial charge is 0.312 e. The summed E-state index contributed by atoms with van der Waals surface area (Å²) in [5, 5.41) is 17.0. The number of hydrogen-bond acceptors (Lipinski definition) is 8. The molecule has 1 unspecified atom stereocenters. The fraction of sp³-hybridized carbons (Fsp3) is 0.238. The Bertz CT molecular complexity index is 1480. The number of nitrogens with zero attached hydrogens (tertiary/aromatic N) is 8. The van der Waals surface area contributed by atoms with Crippen molar-refractivity contribution in [1.82, 2.24) is 44.5 Å². The Balaban J connectivity index is 1.41. The lowest BCUT2D eigenvalue weighted by atomic mass is 9.99. The van der Waals surface area contributed by atoms with Crippen molar-refractivity contribution in [1.29, 1.82) is 0 Å². The normalized spacial score (nSPS) is 15.7. The third-order valence-corrected chi connectivity index (χ3v) is 5.71. The second kappa shape index (κ2) is 7.29. The van der Waals surface area contributed by atoms with E-state index in [1.165, 1.54) is 0 Å². The highest BCUT2D eigenvalue weighted by atomic mass is 16.5. The predicted molar refractivity (Wildman–Crippen MR) is 113 cm³/mol. The van der Waals surface area contributed by atoms with Crippen LogP contribution in [0.4, 0.5) is 0 Å². The van der Waals surface area contributed by atoms with Gasteiger partial charge in [-0.15, -0.1) is 10.2 Å². The van der Waals surface area contributed by atoms with Crippen molar-refractivity contribution >= 4 is 11.4 Å². The molecule has 0 saturated carbocycles. The van der Waals surface area contributed by atoms with Crippen molar-refractivity contribution in [3.8, 4) is 17.3 Å². The number of ether oxygens (including phenoxy) is 1. The SMILES string of the molecule is COc1cccn2nc(C3c4nc[nH]c4CCN3C(=O)c3nnc(-c4ccn(C)n4)o3)cc12. The highest BCUT2D eigenvalue weighted by Crippen LogP contribution is 2.35. The number of fused-ring (bicyclic) bond motifs is 2. The van der Waals surface area contributed by atoms with Crippen LogP contribution in [0.5, 0.6) is 5.75 Å². The van der Waals surface area contributed by atoms with Crippen molar-refractivity contribution in [3.63, 3.8) is 0 Å². The average molecular weight is 445 g/mol. The number of H-pyrrole nitrogens is 1. The standard InChI is InChI=1S/C21H19N9O3/c1-28-8-5-13(26-28)19-24-25-20(33-19)21(31)29-9-6-12-17(23-11-22-12)18(29)14-10-15-16(32-2)4-3-7-30(15)27-14/h3-5,7-8,10-11,18H,6,9H2,1-2H3,(H,22,23). The Kier molecular flexibility index (Phi) is 4.25. The highest BCUT2D eigenvalue weighted by molar-refractivity contribution is 5.90. The van der Waals surface area contributed by atoms with Gasteiger partial charge in [0.1, 0.15) is 23.0 Å². The largest absolute Gasteiger partial charge is 0.494 e. The van der Waals surface area contributed by atoms with E-state index in [9.17, 15) is 4.79 Å². The number of imidazole rings is 1. The number of methoxy groups -OCH3 is 1. The van der Waals surface area contributed by atoms with Gasteiger partial charge < -0.3 is 19.0 Å². The Morgan fingerprint density at radius 1 is 1.24 bits per heavy atom. The van der Waals surface area contributed by atoms with E-state index in [0.29, 0.717) is 30.1 Å². The second-order valence-corrected chi connectivity index (χ2v) is 7.68. The van der Waals surface area contributed by atoms with Gasteiger partial charge in [-0.05, 0) is 24.3 Å². The predicted octanol–water partition coefficient (Wildman–Crippen LogP) is 1.64. The second-order valence-electron chi connectivity index (χ2n) is 7.68. The molecule has 1 aliphatic rings. The number of rotatable bonds is 4. The molecular formula is C21H19N9O3. The number of aryl methyl sites for hydroxylation is 1. The van der Waals surface area contributed by atoms with Crippen LogP contribution in [0.25, 0.3) is 17.1 Å². The molecule has 6 heterocycles. The molecule has 1 amide bonds. The Morgan fingerprint density at radius 3 is 2.97 bits per heavy atom. The number of nitrogens with one attached hydrogen (secondary N) is 1. The summed E-state index contributed by atoms with van der Waals surface area (Å²) in [7, 11) is 3.40. The molecule has 0 aliphatic carbocycles. The lowest BCUT2D eigenvalue weighted by Crippen LogP contribution is -2.41. The van der Waals surface area contributed by atoms with Crippen molar-refractivity contribution < 1.29 is 13.9 Å². The summed E-state index contributed by atoms with van der Waals surface area (Å²) in [5.41, 5.74) is 3.65. The average Bonchev–Trinajstić information content (AvgIpc) is 3.62. The van der Waals surface area contributed by atoms with E-state index in [2.05, 4.69) is 25.3 Å². The van der Waals surface area contributed by atoms with Gasteiger partial charge in [-0.3, -0.25) is 9.48 Å². The molecule has 0 spiro atoms. The van der Waals surface area contributed by atoms with E-state index < -0.39 is 11.9 Å². The van der Waals surface area contributed by atoms with Gasteiger partial charge >= 0.3 is 11.8 Å². The Labute approximate surface area is 186 Å².